The number of amides is 1. The minimum absolute atomic E-state index is 0.223. The Morgan fingerprint density at radius 1 is 1.29 bits per heavy atom. The Morgan fingerprint density at radius 3 is 2.29 bits per heavy atom. The Bertz CT molecular complexity index is 416. The molecule has 5 heteroatoms. The lowest BCUT2D eigenvalue weighted by Gasteiger charge is -2.24. The first kappa shape index (κ1) is 13.5. The molecular formula is C12H14ClNO3. The van der Waals surface area contributed by atoms with Crippen molar-refractivity contribution < 1.29 is 14.3 Å². The number of hydrogen-bond donors (Lipinski definition) is 0. The highest BCUT2D eigenvalue weighted by Crippen LogP contribution is 2.20. The maximum atomic E-state index is 11.6. The number of carbonyl (C=O) groups is 2. The SMILES string of the molecule is COC(=O)C(=O)N(C)C(C)c1ccc(Cl)cc1. The minimum Gasteiger partial charge on any atom is -0.462 e. The van der Waals surface area contributed by atoms with Gasteiger partial charge in [0.15, 0.2) is 0 Å². The molecule has 0 aliphatic heterocycles. The topological polar surface area (TPSA) is 46.6 Å². The van der Waals surface area contributed by atoms with E-state index in [1.165, 1.54) is 12.0 Å². The van der Waals surface area contributed by atoms with Gasteiger partial charge in [-0.25, -0.2) is 4.79 Å². The number of halogens is 1. The average Bonchev–Trinajstić information content (AvgIpc) is 2.36. The largest absolute Gasteiger partial charge is 0.462 e. The number of hydrogen-bond acceptors (Lipinski definition) is 3. The molecule has 0 fully saturated rings. The van der Waals surface area contributed by atoms with Gasteiger partial charge >= 0.3 is 11.9 Å². The van der Waals surface area contributed by atoms with Gasteiger partial charge in [-0.3, -0.25) is 4.79 Å². The van der Waals surface area contributed by atoms with Crippen molar-refractivity contribution in [1.82, 2.24) is 4.90 Å². The van der Waals surface area contributed by atoms with E-state index in [1.807, 2.05) is 19.1 Å². The molecule has 0 saturated heterocycles. The zero-order valence-electron chi connectivity index (χ0n) is 9.94. The summed E-state index contributed by atoms with van der Waals surface area (Å²) in [6.45, 7) is 1.82. The molecule has 0 saturated carbocycles. The summed E-state index contributed by atoms with van der Waals surface area (Å²) in [5.74, 6) is -1.54. The number of carbonyl (C=O) groups excluding carboxylic acids is 2. The first-order valence-corrected chi connectivity index (χ1v) is 5.45. The van der Waals surface area contributed by atoms with E-state index in [4.69, 9.17) is 11.6 Å². The average molecular weight is 256 g/mol. The first-order chi connectivity index (χ1) is 7.97. The molecule has 17 heavy (non-hydrogen) atoms. The van der Waals surface area contributed by atoms with Crippen LogP contribution in [0.5, 0.6) is 0 Å². The molecule has 0 aromatic heterocycles. The lowest BCUT2D eigenvalue weighted by Crippen LogP contribution is -2.35. The highest BCUT2D eigenvalue weighted by molar-refractivity contribution is 6.32. The zero-order chi connectivity index (χ0) is 13.0. The van der Waals surface area contributed by atoms with E-state index in [-0.39, 0.29) is 6.04 Å². The van der Waals surface area contributed by atoms with Crippen LogP contribution in [0.2, 0.25) is 5.02 Å². The Hall–Kier alpha value is -1.55. The van der Waals surface area contributed by atoms with E-state index in [2.05, 4.69) is 4.74 Å². The zero-order valence-corrected chi connectivity index (χ0v) is 10.7. The standard InChI is InChI=1S/C12H14ClNO3/c1-8(9-4-6-10(13)7-5-9)14(2)11(15)12(16)17-3/h4-8H,1-3H3. The molecule has 0 spiro atoms. The van der Waals surface area contributed by atoms with Crippen LogP contribution in [-0.4, -0.2) is 30.9 Å². The fourth-order valence-corrected chi connectivity index (χ4v) is 1.50. The Kier molecular flexibility index (Phi) is 4.52. The van der Waals surface area contributed by atoms with Crippen molar-refractivity contribution in [3.8, 4) is 0 Å². The molecule has 1 amide bonds. The number of likely N-dealkylation sites (N-methyl/N-ethyl adjacent to an activating group) is 1. The van der Waals surface area contributed by atoms with E-state index < -0.39 is 11.9 Å². The van der Waals surface area contributed by atoms with Gasteiger partial charge < -0.3 is 9.64 Å². The Morgan fingerprint density at radius 2 is 1.82 bits per heavy atom. The van der Waals surface area contributed by atoms with Crippen LogP contribution in [0.1, 0.15) is 18.5 Å². The second-order valence-corrected chi connectivity index (χ2v) is 4.07. The van der Waals surface area contributed by atoms with Gasteiger partial charge in [-0.05, 0) is 24.6 Å². The lowest BCUT2D eigenvalue weighted by atomic mass is 10.1. The van der Waals surface area contributed by atoms with Crippen molar-refractivity contribution in [2.75, 3.05) is 14.2 Å². The van der Waals surface area contributed by atoms with E-state index in [0.29, 0.717) is 5.02 Å². The summed E-state index contributed by atoms with van der Waals surface area (Å²) < 4.78 is 4.39. The Labute approximate surface area is 105 Å². The molecule has 1 aromatic rings. The van der Waals surface area contributed by atoms with Crippen molar-refractivity contribution >= 4 is 23.5 Å². The van der Waals surface area contributed by atoms with Gasteiger partial charge in [0.05, 0.1) is 13.2 Å². The third kappa shape index (κ3) is 3.20. The fraction of sp³-hybridized carbons (Fsp3) is 0.333. The summed E-state index contributed by atoms with van der Waals surface area (Å²) in [6.07, 6.45) is 0. The number of benzene rings is 1. The predicted molar refractivity (Wildman–Crippen MR) is 64.7 cm³/mol. The van der Waals surface area contributed by atoms with Crippen LogP contribution in [0.15, 0.2) is 24.3 Å². The van der Waals surface area contributed by atoms with E-state index in [0.717, 1.165) is 5.56 Å². The van der Waals surface area contributed by atoms with E-state index >= 15 is 0 Å². The van der Waals surface area contributed by atoms with Gasteiger partial charge in [0.2, 0.25) is 0 Å². The van der Waals surface area contributed by atoms with Gasteiger partial charge in [-0.1, -0.05) is 23.7 Å². The highest BCUT2D eigenvalue weighted by Gasteiger charge is 2.24. The van der Waals surface area contributed by atoms with Crippen molar-refractivity contribution in [2.45, 2.75) is 13.0 Å². The maximum absolute atomic E-state index is 11.6. The molecule has 92 valence electrons. The van der Waals surface area contributed by atoms with Crippen LogP contribution in [-0.2, 0) is 14.3 Å². The number of nitrogens with zero attached hydrogens (tertiary/aromatic N) is 1. The van der Waals surface area contributed by atoms with Crippen molar-refractivity contribution in [3.63, 3.8) is 0 Å². The summed E-state index contributed by atoms with van der Waals surface area (Å²) in [5.41, 5.74) is 0.897. The van der Waals surface area contributed by atoms with Crippen LogP contribution in [0.4, 0.5) is 0 Å². The molecule has 1 atom stereocenters. The van der Waals surface area contributed by atoms with Crippen LogP contribution >= 0.6 is 11.6 Å². The van der Waals surface area contributed by atoms with Gasteiger partial charge in [-0.2, -0.15) is 0 Å². The second-order valence-electron chi connectivity index (χ2n) is 3.64. The molecule has 0 heterocycles. The lowest BCUT2D eigenvalue weighted by molar-refractivity contribution is -0.158. The van der Waals surface area contributed by atoms with Crippen LogP contribution < -0.4 is 0 Å². The molecule has 1 rings (SSSR count). The molecule has 0 aliphatic rings. The van der Waals surface area contributed by atoms with Gasteiger partial charge in [-0.15, -0.1) is 0 Å². The fourth-order valence-electron chi connectivity index (χ4n) is 1.37. The number of esters is 1. The predicted octanol–water partition coefficient (Wildman–Crippen LogP) is 2.03. The van der Waals surface area contributed by atoms with Crippen LogP contribution in [0.25, 0.3) is 0 Å². The van der Waals surface area contributed by atoms with Crippen LogP contribution in [0, 0.1) is 0 Å². The van der Waals surface area contributed by atoms with E-state index in [1.54, 1.807) is 19.2 Å². The summed E-state index contributed by atoms with van der Waals surface area (Å²) in [6, 6.07) is 6.88. The van der Waals surface area contributed by atoms with Gasteiger partial charge in [0.25, 0.3) is 0 Å². The summed E-state index contributed by atoms with van der Waals surface area (Å²) in [4.78, 5) is 24.0. The number of ether oxygens (including phenoxy) is 1. The summed E-state index contributed by atoms with van der Waals surface area (Å²) in [7, 11) is 2.74. The molecule has 1 aromatic carbocycles. The first-order valence-electron chi connectivity index (χ1n) is 5.08. The molecule has 1 unspecified atom stereocenters. The normalized spacial score (nSPS) is 11.8. The quantitative estimate of drug-likeness (QED) is 0.600. The Balaban J connectivity index is 2.82. The third-order valence-corrected chi connectivity index (χ3v) is 2.87. The van der Waals surface area contributed by atoms with Gasteiger partial charge in [0, 0.05) is 12.1 Å². The number of methoxy groups -OCH3 is 1. The molecule has 0 bridgehead atoms. The molecule has 0 radical (unpaired) electrons. The van der Waals surface area contributed by atoms with Crippen LogP contribution in [0.3, 0.4) is 0 Å². The van der Waals surface area contributed by atoms with Crippen molar-refractivity contribution in [1.29, 1.82) is 0 Å². The smallest absolute Gasteiger partial charge is 0.396 e. The van der Waals surface area contributed by atoms with Crippen molar-refractivity contribution in [2.24, 2.45) is 0 Å². The monoisotopic (exact) mass is 255 g/mol. The number of rotatable bonds is 2. The highest BCUT2D eigenvalue weighted by atomic mass is 35.5. The molecule has 0 N–H and O–H groups in total. The molecule has 4 nitrogen and oxygen atoms in total. The molecule has 0 aliphatic carbocycles. The molecular weight excluding hydrogens is 242 g/mol. The summed E-state index contributed by atoms with van der Waals surface area (Å²) >= 11 is 5.78. The van der Waals surface area contributed by atoms with Gasteiger partial charge in [0.1, 0.15) is 0 Å². The third-order valence-electron chi connectivity index (χ3n) is 2.61. The van der Waals surface area contributed by atoms with E-state index in [9.17, 15) is 9.59 Å². The summed E-state index contributed by atoms with van der Waals surface area (Å²) in [5, 5.41) is 0.628. The minimum atomic E-state index is -0.867. The van der Waals surface area contributed by atoms with Crippen molar-refractivity contribution in [3.05, 3.63) is 34.9 Å². The second kappa shape index (κ2) is 5.68. The maximum Gasteiger partial charge on any atom is 0.396 e.